The molecule has 31 nitrogen and oxygen atoms in total. The highest BCUT2D eigenvalue weighted by Gasteiger charge is 2.30. The molecule has 0 atom stereocenters. The average Bonchev–Trinajstić information content (AvgIpc) is 0.782. The third-order valence-corrected chi connectivity index (χ3v) is 22.3. The first-order valence-electron chi connectivity index (χ1n) is 44.0. The number of rotatable bonds is 21. The molecular weight excluding hydrogens is 1690 g/mol. The first-order valence-corrected chi connectivity index (χ1v) is 44.4. The fourth-order valence-electron chi connectivity index (χ4n) is 14.5. The number of nitrogen functional groups attached to an aromatic ring is 1. The number of aromatic hydroxyl groups is 4. The minimum absolute atomic E-state index is 0. The van der Waals surface area contributed by atoms with Gasteiger partial charge in [0.15, 0.2) is 11.5 Å². The Kier molecular flexibility index (Phi) is 42.5. The highest BCUT2D eigenvalue weighted by molar-refractivity contribution is 6.83. The first kappa shape index (κ1) is 107. The predicted molar refractivity (Wildman–Crippen MR) is 508 cm³/mol. The van der Waals surface area contributed by atoms with E-state index in [1.165, 1.54) is 18.2 Å². The minimum Gasteiger partial charge on any atom is -0.505 e. The molecule has 1 amide bonds. The van der Waals surface area contributed by atoms with E-state index >= 15 is 0 Å². The maximum Gasteiger partial charge on any atom is 0.311 e. The van der Waals surface area contributed by atoms with Crippen LogP contribution in [0.2, 0.25) is 0 Å². The van der Waals surface area contributed by atoms with Crippen molar-refractivity contribution in [1.82, 2.24) is 29.8 Å². The molecule has 0 aromatic heterocycles. The Morgan fingerprint density at radius 1 is 0.446 bits per heavy atom. The van der Waals surface area contributed by atoms with E-state index in [4.69, 9.17) is 60.3 Å². The number of nitrogens with one attached hydrogen (secondary N) is 2. The Balaban J connectivity index is 0.000000227. The number of ether oxygens (including phenoxy) is 8. The molecule has 6 saturated heterocycles. The van der Waals surface area contributed by atoms with Gasteiger partial charge in [-0.3, -0.25) is 63.9 Å². The number of amides is 1. The summed E-state index contributed by atoms with van der Waals surface area (Å²) in [5, 5.41) is 77.8. The molecule has 6 heterocycles. The lowest BCUT2D eigenvalue weighted by atomic mass is 9.85. The van der Waals surface area contributed by atoms with Crippen LogP contribution in [0, 0.1) is 20.2 Å². The summed E-state index contributed by atoms with van der Waals surface area (Å²) in [5.41, 5.74) is 12.2. The van der Waals surface area contributed by atoms with E-state index in [0.717, 1.165) is 190 Å². The van der Waals surface area contributed by atoms with Crippen molar-refractivity contribution in [2.24, 2.45) is 0 Å². The molecule has 6 fully saturated rings. The Morgan fingerprint density at radius 2 is 0.785 bits per heavy atom. The van der Waals surface area contributed by atoms with Crippen LogP contribution in [0.1, 0.15) is 157 Å². The van der Waals surface area contributed by atoms with Crippen molar-refractivity contribution in [3.63, 3.8) is 0 Å². The summed E-state index contributed by atoms with van der Waals surface area (Å²) in [7, 11) is 0. The van der Waals surface area contributed by atoms with Crippen LogP contribution in [0.15, 0.2) is 127 Å². The number of carbonyl (C=O) groups is 4. The van der Waals surface area contributed by atoms with Gasteiger partial charge in [0, 0.05) is 169 Å². The van der Waals surface area contributed by atoms with Gasteiger partial charge in [-0.05, 0) is 122 Å². The van der Waals surface area contributed by atoms with Gasteiger partial charge < -0.3 is 79.8 Å². The maximum absolute atomic E-state index is 13.5. The second kappa shape index (κ2) is 51.7. The average molecular weight is 1830 g/mol. The topological polar surface area (TPSA) is 396 Å². The summed E-state index contributed by atoms with van der Waals surface area (Å²) in [5.74, 6) is -1.14. The molecule has 0 radical (unpaired) electrons. The normalized spacial score (nSPS) is 16.1. The molecule has 6 aliphatic heterocycles. The molecule has 0 unspecified atom stereocenters. The van der Waals surface area contributed by atoms with E-state index in [1.807, 2.05) is 102 Å². The number of halogens is 1. The number of aliphatic hydroxyl groups excluding tert-OH is 1. The smallest absolute Gasteiger partial charge is 0.311 e. The van der Waals surface area contributed by atoms with Crippen LogP contribution in [0.25, 0.3) is 21.5 Å². The third-order valence-electron chi connectivity index (χ3n) is 22.2. The Morgan fingerprint density at radius 3 is 1.15 bits per heavy atom. The summed E-state index contributed by atoms with van der Waals surface area (Å²) >= 11 is 5.34. The van der Waals surface area contributed by atoms with E-state index in [2.05, 4.69) is 82.7 Å². The molecule has 32 heteroatoms. The summed E-state index contributed by atoms with van der Waals surface area (Å²) in [6, 6.07) is 37.0. The number of fused-ring (bicyclic) bond motifs is 2. The van der Waals surface area contributed by atoms with Gasteiger partial charge in [0.25, 0.3) is 16.9 Å². The van der Waals surface area contributed by atoms with Crippen LogP contribution in [0.5, 0.6) is 34.5 Å². The molecular formula is C98H137ClN10O21. The number of nitrogens with zero attached hydrogens (tertiary/aromatic N) is 7. The number of phenols is 4. The van der Waals surface area contributed by atoms with Crippen molar-refractivity contribution >= 4 is 78.6 Å². The number of nitrogens with two attached hydrogens (primary N) is 1. The maximum atomic E-state index is 13.5. The lowest BCUT2D eigenvalue weighted by molar-refractivity contribution is -0.386. The van der Waals surface area contributed by atoms with Crippen LogP contribution in [0.4, 0.5) is 22.7 Å². The Labute approximate surface area is 769 Å². The fraction of sp³-hybridized carbons (Fsp3) is 0.510. The predicted octanol–water partition coefficient (Wildman–Crippen LogP) is 14.1. The summed E-state index contributed by atoms with van der Waals surface area (Å²) in [6.45, 7) is 50.3. The zero-order valence-corrected chi connectivity index (χ0v) is 77.9. The van der Waals surface area contributed by atoms with Gasteiger partial charge in [-0.2, -0.15) is 0 Å². The number of hydrogen-bond acceptors (Lipinski definition) is 28. The van der Waals surface area contributed by atoms with Crippen LogP contribution in [-0.2, 0) is 79.3 Å². The van der Waals surface area contributed by atoms with Crippen LogP contribution < -0.4 is 25.8 Å². The fourth-order valence-corrected chi connectivity index (χ4v) is 14.6. The van der Waals surface area contributed by atoms with Crippen molar-refractivity contribution in [2.75, 3.05) is 202 Å². The molecule has 0 bridgehead atoms. The highest BCUT2D eigenvalue weighted by atomic mass is 35.5. The number of anilines is 2. The molecule has 0 spiro atoms. The number of nitro groups is 2. The molecule has 14 rings (SSSR count). The van der Waals surface area contributed by atoms with Gasteiger partial charge in [0.2, 0.25) is 5.78 Å². The number of phenolic OH excluding ortho intramolecular Hbond substituents is 4. The number of benzene rings is 8. The Bertz CT molecular complexity index is 4980. The van der Waals surface area contributed by atoms with Crippen molar-refractivity contribution in [3.8, 4) is 34.5 Å². The minimum atomic E-state index is -0.985. The SMILES string of the molecule is C.C1COCCN1.CC(C)(C)c1cc(CN2CCOCC2)c(O)c(NC(=O)C(=O)c2ccc(OCCN3CCOCC3)c3ccccc23)c1.CC(C)(C)c1cc(CN2CCOCC2)c(O)c([N+](=O)[O-])c1.CC(C)(C)c1cc(N)c(O)c(CN2CCOCC2)c1.CC(C)(C)c1ccc(O)c([N+](=O)[O-])c1.CCO.O=C(Cl)C(=O)c1ccc(OCCN2CCOCC2)c2ccccc12. The van der Waals surface area contributed by atoms with E-state index < -0.39 is 32.6 Å². The molecule has 8 aromatic carbocycles. The van der Waals surface area contributed by atoms with Crippen LogP contribution >= 0.6 is 11.6 Å². The summed E-state index contributed by atoms with van der Waals surface area (Å²) in [4.78, 5) is 81.8. The molecule has 712 valence electrons. The standard InChI is InChI=1S/C33H41N3O6.C18H18ClNO4.C15H22N2O4.C15H24N2O2.C10H13NO3.C4H9NO.C2H6O.CH4/c1-33(2,3)24-20-23(22-36-12-17-41-18-13-36)30(37)28(21-24)34-32(39)31(38)27-8-9-29(26-7-5-4-6-25(26)27)42-19-14-35-10-15-40-16-11-35;19-18(22)17(21)15-5-6-16(14-4-2-1-3-13(14)15)24-12-9-20-7-10-23-11-8-20;1-15(2,3)12-8-11(10-16-4-6-21-7-5-16)14(18)13(9-12)17(19)20;1-15(2,3)12-8-11(14(18)13(16)9-12)10-17-4-6-19-7-5-17;1-10(2,3)7-4-5-9(12)8(6-7)11(13)14;1-3-6-4-2-5-1;1-2-3;/h4-9,20-21,37H,10-19,22H2,1-3H3,(H,34,39);1-6H,7-12H2;8-9,18H,4-7,10H2,1-3H3;8-9,18H,4-7,10,16H2,1-3H3;4-6,12H,1-3H3;5H,1-4H2;3H,2H2,1H3;1H4. The number of carbonyl (C=O) groups excluding carboxylic acids is 4. The van der Waals surface area contributed by atoms with E-state index in [1.54, 1.807) is 49.4 Å². The summed E-state index contributed by atoms with van der Waals surface area (Å²) < 4.78 is 43.9. The summed E-state index contributed by atoms with van der Waals surface area (Å²) in [6.07, 6.45) is 0. The van der Waals surface area contributed by atoms with Gasteiger partial charge in [-0.1, -0.05) is 157 Å². The molecule has 0 saturated carbocycles. The van der Waals surface area contributed by atoms with Crippen LogP contribution in [-0.4, -0.2) is 273 Å². The number of ketones is 2. The van der Waals surface area contributed by atoms with Gasteiger partial charge in [-0.15, -0.1) is 0 Å². The number of nitro benzene ring substituents is 2. The zero-order chi connectivity index (χ0) is 94.2. The second-order valence-electron chi connectivity index (χ2n) is 36.0. The molecule has 9 N–H and O–H groups in total. The molecule has 0 aliphatic carbocycles. The highest BCUT2D eigenvalue weighted by Crippen LogP contribution is 2.41. The second-order valence-corrected chi connectivity index (χ2v) is 36.3. The Hall–Kier alpha value is -10.1. The van der Waals surface area contributed by atoms with Gasteiger partial charge >= 0.3 is 11.4 Å². The van der Waals surface area contributed by atoms with Gasteiger partial charge in [-0.25, -0.2) is 0 Å². The lowest BCUT2D eigenvalue weighted by Gasteiger charge is -2.28. The van der Waals surface area contributed by atoms with Crippen molar-refractivity contribution < 1.29 is 92.5 Å². The zero-order valence-electron chi connectivity index (χ0n) is 77.1. The molecule has 6 aliphatic rings. The van der Waals surface area contributed by atoms with Crippen molar-refractivity contribution in [1.29, 1.82) is 0 Å². The van der Waals surface area contributed by atoms with Crippen molar-refractivity contribution in [3.05, 3.63) is 198 Å². The monoisotopic (exact) mass is 1820 g/mol. The lowest BCUT2D eigenvalue weighted by Crippen LogP contribution is -2.38. The number of aliphatic hydroxyl groups is 1. The number of morpholine rings is 6. The van der Waals surface area contributed by atoms with E-state index in [9.17, 15) is 59.8 Å². The van der Waals surface area contributed by atoms with E-state index in [0.29, 0.717) is 97.4 Å². The molecule has 8 aromatic rings. The number of Topliss-reactive ketones (excluding diaryl/α,β-unsaturated/α-hetero) is 2. The van der Waals surface area contributed by atoms with Gasteiger partial charge in [0.1, 0.15) is 36.2 Å². The largest absolute Gasteiger partial charge is 0.505 e. The molecule has 130 heavy (non-hydrogen) atoms. The first-order chi connectivity index (χ1) is 61.3. The van der Waals surface area contributed by atoms with Gasteiger partial charge in [0.05, 0.1) is 101 Å². The quantitative estimate of drug-likeness (QED) is 0.00630. The van der Waals surface area contributed by atoms with Crippen molar-refractivity contribution in [2.45, 2.75) is 139 Å². The third kappa shape index (κ3) is 33.0. The van der Waals surface area contributed by atoms with E-state index in [-0.39, 0.29) is 81.3 Å². The number of hydrogen-bond donors (Lipinski definition) is 8. The van der Waals surface area contributed by atoms with Crippen LogP contribution in [0.3, 0.4) is 0 Å².